The normalized spacial score (nSPS) is 9.92. The molecule has 0 amide bonds. The second-order valence-corrected chi connectivity index (χ2v) is 5.64. The molecule has 0 aliphatic rings. The van der Waals surface area contributed by atoms with Gasteiger partial charge in [-0.2, -0.15) is 10.7 Å². The van der Waals surface area contributed by atoms with Gasteiger partial charge in [0, 0.05) is 14.1 Å². The maximum absolute atomic E-state index is 13.0. The molecule has 6 nitrogen and oxygen atoms in total. The highest BCUT2D eigenvalue weighted by molar-refractivity contribution is 5.84. The Labute approximate surface area is 152 Å². The van der Waals surface area contributed by atoms with Crippen molar-refractivity contribution in [3.05, 3.63) is 71.0 Å². The van der Waals surface area contributed by atoms with E-state index >= 15 is 0 Å². The third kappa shape index (κ3) is 6.48. The molecule has 132 valence electrons. The Kier molecular flexibility index (Phi) is 6.93. The maximum Gasteiger partial charge on any atom is 0.417 e. The van der Waals surface area contributed by atoms with Crippen LogP contribution in [0.4, 0.5) is 4.39 Å². The molecule has 0 saturated carbocycles. The molecule has 0 heterocycles. The van der Waals surface area contributed by atoms with E-state index in [-0.39, 0.29) is 5.82 Å². The molecule has 26 heavy (non-hydrogen) atoms. The SMILES string of the molecule is CN(C)C=[N+]=C(NCc1ccc(F)cc1)N/N=C/c1cccc(C#N)c1. The van der Waals surface area contributed by atoms with Gasteiger partial charge in [0.05, 0.1) is 24.4 Å². The van der Waals surface area contributed by atoms with Crippen molar-refractivity contribution in [3.8, 4) is 6.07 Å². The van der Waals surface area contributed by atoms with E-state index in [2.05, 4.69) is 26.6 Å². The molecule has 0 aliphatic heterocycles. The number of hydrazone groups is 1. The highest BCUT2D eigenvalue weighted by Crippen LogP contribution is 2.02. The van der Waals surface area contributed by atoms with Gasteiger partial charge in [-0.15, -0.1) is 5.10 Å². The Hall–Kier alpha value is -3.62. The minimum Gasteiger partial charge on any atom is -0.307 e. The molecule has 2 N–H and O–H groups in total. The van der Waals surface area contributed by atoms with Crippen LogP contribution in [-0.2, 0) is 6.54 Å². The molecule has 0 atom stereocenters. The summed E-state index contributed by atoms with van der Waals surface area (Å²) in [7, 11) is 3.72. The third-order valence-electron chi connectivity index (χ3n) is 3.19. The Morgan fingerprint density at radius 1 is 1.27 bits per heavy atom. The monoisotopic (exact) mass is 351 g/mol. The molecule has 2 rings (SSSR count). The Bertz CT molecular complexity index is 858. The topological polar surface area (TPSA) is 77.6 Å². The molecule has 2 aromatic carbocycles. The van der Waals surface area contributed by atoms with Crippen LogP contribution in [0, 0.1) is 17.1 Å². The number of nitrogens with one attached hydrogen (secondary N) is 2. The summed E-state index contributed by atoms with van der Waals surface area (Å²) in [6.07, 6.45) is 3.23. The molecule has 2 aromatic rings. The smallest absolute Gasteiger partial charge is 0.307 e. The first-order valence-corrected chi connectivity index (χ1v) is 7.92. The first kappa shape index (κ1) is 18.7. The van der Waals surface area contributed by atoms with Gasteiger partial charge >= 0.3 is 5.96 Å². The molecule has 0 spiro atoms. The van der Waals surface area contributed by atoms with E-state index in [0.717, 1.165) is 11.1 Å². The van der Waals surface area contributed by atoms with Gasteiger partial charge in [-0.05, 0) is 35.4 Å². The molecular weight excluding hydrogens is 331 g/mol. The van der Waals surface area contributed by atoms with Gasteiger partial charge < -0.3 is 4.90 Å². The first-order valence-electron chi connectivity index (χ1n) is 7.92. The van der Waals surface area contributed by atoms with Crippen molar-refractivity contribution >= 4 is 18.5 Å². The summed E-state index contributed by atoms with van der Waals surface area (Å²) < 4.78 is 17.2. The van der Waals surface area contributed by atoms with Crippen LogP contribution in [0.2, 0.25) is 0 Å². The van der Waals surface area contributed by atoms with Gasteiger partial charge in [0.15, 0.2) is 0 Å². The van der Waals surface area contributed by atoms with Crippen molar-refractivity contribution in [1.82, 2.24) is 20.3 Å². The standard InChI is InChI=1S/C19H19FN6/c1-26(2)14-23-19(22-12-15-6-8-18(20)9-7-15)25-24-13-17-5-3-4-16(10-17)11-21/h3-10,13-14H,12H2,1-2H3,(H,22,25)/p+1/b24-13+. The zero-order chi connectivity index (χ0) is 18.8. The lowest BCUT2D eigenvalue weighted by Gasteiger charge is -2.02. The van der Waals surface area contributed by atoms with Crippen LogP contribution >= 0.6 is 0 Å². The summed E-state index contributed by atoms with van der Waals surface area (Å²) >= 11 is 0. The highest BCUT2D eigenvalue weighted by atomic mass is 19.1. The summed E-state index contributed by atoms with van der Waals surface area (Å²) in [6, 6.07) is 15.4. The predicted molar refractivity (Wildman–Crippen MR) is 102 cm³/mol. The lowest BCUT2D eigenvalue weighted by molar-refractivity contribution is 0.626. The summed E-state index contributed by atoms with van der Waals surface area (Å²) in [4.78, 5) is 1.79. The zero-order valence-corrected chi connectivity index (χ0v) is 14.6. The fraction of sp³-hybridized carbons (Fsp3) is 0.158. The van der Waals surface area contributed by atoms with Crippen molar-refractivity contribution in [3.63, 3.8) is 0 Å². The number of nitrogens with zero attached hydrogens (tertiary/aromatic N) is 4. The van der Waals surface area contributed by atoms with Crippen LogP contribution in [-0.4, -0.2) is 37.5 Å². The van der Waals surface area contributed by atoms with Crippen LogP contribution in [0.5, 0.6) is 0 Å². The Balaban J connectivity index is 2.05. The van der Waals surface area contributed by atoms with Gasteiger partial charge in [-0.1, -0.05) is 24.3 Å². The van der Waals surface area contributed by atoms with Crippen LogP contribution < -0.4 is 15.4 Å². The van der Waals surface area contributed by atoms with Crippen molar-refractivity contribution in [1.29, 1.82) is 5.26 Å². The molecule has 0 aromatic heterocycles. The van der Waals surface area contributed by atoms with E-state index in [0.29, 0.717) is 18.1 Å². The van der Waals surface area contributed by atoms with E-state index < -0.39 is 0 Å². The number of benzene rings is 2. The fourth-order valence-electron chi connectivity index (χ4n) is 1.93. The number of hydrogen-bond acceptors (Lipinski definition) is 2. The van der Waals surface area contributed by atoms with Crippen molar-refractivity contribution in [2.24, 2.45) is 5.10 Å². The second-order valence-electron chi connectivity index (χ2n) is 5.64. The second kappa shape index (κ2) is 9.62. The largest absolute Gasteiger partial charge is 0.417 e. The van der Waals surface area contributed by atoms with E-state index in [1.165, 1.54) is 12.1 Å². The van der Waals surface area contributed by atoms with Gasteiger partial charge in [0.25, 0.3) is 0 Å². The molecule has 7 heteroatoms. The van der Waals surface area contributed by atoms with Gasteiger partial charge in [0.1, 0.15) is 5.82 Å². The molecule has 0 fully saturated rings. The number of nitriles is 1. The number of rotatable bonds is 5. The fourth-order valence-corrected chi connectivity index (χ4v) is 1.93. The van der Waals surface area contributed by atoms with Gasteiger partial charge in [0.2, 0.25) is 6.34 Å². The van der Waals surface area contributed by atoms with E-state index in [4.69, 9.17) is 5.26 Å². The average molecular weight is 351 g/mol. The van der Waals surface area contributed by atoms with Crippen molar-refractivity contribution in [2.45, 2.75) is 6.54 Å². The van der Waals surface area contributed by atoms with Crippen LogP contribution in [0.25, 0.3) is 0 Å². The van der Waals surface area contributed by atoms with Crippen LogP contribution in [0.3, 0.4) is 0 Å². The van der Waals surface area contributed by atoms with Gasteiger partial charge in [-0.3, -0.25) is 5.32 Å². The molecule has 0 aliphatic carbocycles. The predicted octanol–water partition coefficient (Wildman–Crippen LogP) is 1.42. The van der Waals surface area contributed by atoms with Crippen molar-refractivity contribution in [2.75, 3.05) is 14.1 Å². The summed E-state index contributed by atoms with van der Waals surface area (Å²) in [5, 5.41) is 16.2. The van der Waals surface area contributed by atoms with Crippen LogP contribution in [0.1, 0.15) is 16.7 Å². The van der Waals surface area contributed by atoms with Crippen LogP contribution in [0.15, 0.2) is 53.6 Å². The highest BCUT2D eigenvalue weighted by Gasteiger charge is 2.05. The van der Waals surface area contributed by atoms with Crippen molar-refractivity contribution < 1.29 is 4.39 Å². The van der Waals surface area contributed by atoms with E-state index in [9.17, 15) is 4.39 Å². The maximum atomic E-state index is 13.0. The summed E-state index contributed by atoms with van der Waals surface area (Å²) in [5.74, 6) is 0.168. The number of halogens is 1. The average Bonchev–Trinajstić information content (AvgIpc) is 2.65. The zero-order valence-electron chi connectivity index (χ0n) is 14.6. The number of hydrogen-bond donors (Lipinski definition) is 2. The molecular formula is C19H20FN6+. The number of guanidine groups is 1. The first-order chi connectivity index (χ1) is 12.6. The Morgan fingerprint density at radius 3 is 2.73 bits per heavy atom. The minimum atomic E-state index is -0.272. The summed E-state index contributed by atoms with van der Waals surface area (Å²) in [5.41, 5.74) is 5.11. The van der Waals surface area contributed by atoms with Gasteiger partial charge in [-0.25, -0.2) is 9.06 Å². The summed E-state index contributed by atoms with van der Waals surface area (Å²) in [6.45, 7) is 0.465. The molecule has 0 unspecified atom stereocenters. The lowest BCUT2D eigenvalue weighted by Crippen LogP contribution is -2.36. The van der Waals surface area contributed by atoms with E-state index in [1.54, 1.807) is 47.8 Å². The third-order valence-corrected chi connectivity index (χ3v) is 3.19. The minimum absolute atomic E-state index is 0.272. The quantitative estimate of drug-likeness (QED) is 0.370. The Morgan fingerprint density at radius 2 is 2.04 bits per heavy atom. The molecule has 0 saturated heterocycles. The molecule has 0 bridgehead atoms. The lowest BCUT2D eigenvalue weighted by atomic mass is 10.1. The molecule has 0 radical (unpaired) electrons. The van der Waals surface area contributed by atoms with E-state index in [1.807, 2.05) is 20.2 Å².